The Kier molecular flexibility index (Phi) is 7.25. The minimum absolute atomic E-state index is 0.0637. The third kappa shape index (κ3) is 4.95. The van der Waals surface area contributed by atoms with E-state index in [2.05, 4.69) is 0 Å². The number of benzene rings is 1. The molecule has 1 unspecified atom stereocenters. The van der Waals surface area contributed by atoms with Crippen LogP contribution in [-0.2, 0) is 9.47 Å². The zero-order valence-corrected chi connectivity index (χ0v) is 15.2. The maximum atomic E-state index is 13.1. The molecule has 1 amide bonds. The van der Waals surface area contributed by atoms with Gasteiger partial charge in [0.15, 0.2) is 0 Å². The van der Waals surface area contributed by atoms with Crippen molar-refractivity contribution >= 4 is 11.9 Å². The van der Waals surface area contributed by atoms with Gasteiger partial charge in [-0.25, -0.2) is 4.79 Å². The first-order valence-corrected chi connectivity index (χ1v) is 8.68. The Balaban J connectivity index is 2.23. The van der Waals surface area contributed by atoms with E-state index in [1.54, 1.807) is 25.3 Å². The maximum Gasteiger partial charge on any atom is 0.338 e. The summed E-state index contributed by atoms with van der Waals surface area (Å²) in [6, 6.07) is 5.05. The number of carbonyl (C=O) groups is 2. The highest BCUT2D eigenvalue weighted by atomic mass is 16.5. The molecule has 138 valence electrons. The first-order valence-electron chi connectivity index (χ1n) is 8.68. The molecular weight excluding hydrogens is 322 g/mol. The number of ether oxygens (including phenoxy) is 3. The van der Waals surface area contributed by atoms with Gasteiger partial charge in [-0.3, -0.25) is 4.79 Å². The van der Waals surface area contributed by atoms with Crippen LogP contribution in [0, 0.1) is 0 Å². The summed E-state index contributed by atoms with van der Waals surface area (Å²) in [5.74, 6) is -0.0754. The molecule has 0 bridgehead atoms. The first-order chi connectivity index (χ1) is 12.1. The molecule has 1 fully saturated rings. The molecule has 1 aliphatic rings. The highest BCUT2D eigenvalue weighted by Crippen LogP contribution is 2.25. The van der Waals surface area contributed by atoms with Crippen molar-refractivity contribution in [3.8, 4) is 5.75 Å². The molecule has 6 nitrogen and oxygen atoms in total. The number of amides is 1. The average Bonchev–Trinajstić information content (AvgIpc) is 2.66. The first kappa shape index (κ1) is 19.2. The number of esters is 1. The highest BCUT2D eigenvalue weighted by molar-refractivity contribution is 5.98. The van der Waals surface area contributed by atoms with Gasteiger partial charge in [0.05, 0.1) is 19.8 Å². The van der Waals surface area contributed by atoms with Gasteiger partial charge in [-0.1, -0.05) is 0 Å². The van der Waals surface area contributed by atoms with E-state index in [0.29, 0.717) is 23.5 Å². The Hall–Kier alpha value is -2.08. The lowest BCUT2D eigenvalue weighted by atomic mass is 9.96. The monoisotopic (exact) mass is 349 g/mol. The van der Waals surface area contributed by atoms with Crippen molar-refractivity contribution in [1.82, 2.24) is 4.90 Å². The summed E-state index contributed by atoms with van der Waals surface area (Å²) in [5, 5.41) is 0. The van der Waals surface area contributed by atoms with Crippen molar-refractivity contribution in [2.24, 2.45) is 0 Å². The topological polar surface area (TPSA) is 65.1 Å². The number of nitrogens with zero attached hydrogens (tertiary/aromatic N) is 1. The van der Waals surface area contributed by atoms with Crippen LogP contribution in [0.1, 0.15) is 52.8 Å². The lowest BCUT2D eigenvalue weighted by Crippen LogP contribution is -2.43. The van der Waals surface area contributed by atoms with Gasteiger partial charge in [-0.2, -0.15) is 0 Å². The maximum absolute atomic E-state index is 13.1. The summed E-state index contributed by atoms with van der Waals surface area (Å²) in [4.78, 5) is 26.8. The molecule has 0 aliphatic carbocycles. The fourth-order valence-electron chi connectivity index (χ4n) is 3.27. The van der Waals surface area contributed by atoms with Gasteiger partial charge in [0, 0.05) is 31.9 Å². The van der Waals surface area contributed by atoms with Crippen LogP contribution in [0.3, 0.4) is 0 Å². The summed E-state index contributed by atoms with van der Waals surface area (Å²) in [6.07, 6.45) is 4.99. The Morgan fingerprint density at radius 1 is 1.12 bits per heavy atom. The second-order valence-corrected chi connectivity index (χ2v) is 6.22. The van der Waals surface area contributed by atoms with Gasteiger partial charge in [0.1, 0.15) is 5.75 Å². The van der Waals surface area contributed by atoms with Gasteiger partial charge in [-0.15, -0.1) is 0 Å². The zero-order valence-electron chi connectivity index (χ0n) is 15.2. The van der Waals surface area contributed by atoms with Crippen molar-refractivity contribution in [2.75, 3.05) is 34.5 Å². The molecule has 0 aromatic heterocycles. The van der Waals surface area contributed by atoms with Crippen LogP contribution in [0.2, 0.25) is 0 Å². The Morgan fingerprint density at radius 3 is 2.56 bits per heavy atom. The summed E-state index contributed by atoms with van der Waals surface area (Å²) in [7, 11) is 4.52. The largest absolute Gasteiger partial charge is 0.497 e. The Labute approximate surface area is 149 Å². The predicted octanol–water partition coefficient (Wildman–Crippen LogP) is 2.90. The number of hydrogen-bond donors (Lipinski definition) is 0. The molecule has 1 saturated heterocycles. The molecule has 2 rings (SSSR count). The van der Waals surface area contributed by atoms with Crippen LogP contribution in [-0.4, -0.2) is 57.3 Å². The summed E-state index contributed by atoms with van der Waals surface area (Å²) in [5.41, 5.74) is 0.775. The molecule has 0 saturated carbocycles. The standard InChI is InChI=1S/C19H27NO5/c1-23-10-6-8-16-7-4-5-9-20(16)18(21)14-11-15(19(22)25-3)13-17(12-14)24-2/h11-13,16H,4-10H2,1-3H3. The number of hydrogen-bond acceptors (Lipinski definition) is 5. The summed E-state index contributed by atoms with van der Waals surface area (Å²) in [6.45, 7) is 1.44. The van der Waals surface area contributed by atoms with Crippen molar-refractivity contribution in [3.63, 3.8) is 0 Å². The molecule has 1 aliphatic heterocycles. The molecular formula is C19H27NO5. The van der Waals surface area contributed by atoms with Gasteiger partial charge < -0.3 is 19.1 Å². The van der Waals surface area contributed by atoms with E-state index < -0.39 is 5.97 Å². The SMILES string of the molecule is COCCCC1CCCCN1C(=O)c1cc(OC)cc(C(=O)OC)c1. The van der Waals surface area contributed by atoms with Gasteiger partial charge in [-0.05, 0) is 50.3 Å². The lowest BCUT2D eigenvalue weighted by molar-refractivity contribution is 0.0584. The minimum atomic E-state index is -0.483. The molecule has 1 aromatic carbocycles. The van der Waals surface area contributed by atoms with E-state index in [1.165, 1.54) is 14.2 Å². The molecule has 25 heavy (non-hydrogen) atoms. The van der Waals surface area contributed by atoms with E-state index in [1.807, 2.05) is 4.90 Å². The van der Waals surface area contributed by atoms with Crippen LogP contribution in [0.15, 0.2) is 18.2 Å². The molecule has 0 spiro atoms. The smallest absolute Gasteiger partial charge is 0.338 e. The van der Waals surface area contributed by atoms with E-state index in [9.17, 15) is 9.59 Å². The quantitative estimate of drug-likeness (QED) is 0.559. The van der Waals surface area contributed by atoms with Crippen LogP contribution in [0.25, 0.3) is 0 Å². The second-order valence-electron chi connectivity index (χ2n) is 6.22. The van der Waals surface area contributed by atoms with Crippen molar-refractivity contribution < 1.29 is 23.8 Å². The van der Waals surface area contributed by atoms with Crippen LogP contribution in [0.5, 0.6) is 5.75 Å². The summed E-state index contributed by atoms with van der Waals surface area (Å²) >= 11 is 0. The van der Waals surface area contributed by atoms with Crippen molar-refractivity contribution in [1.29, 1.82) is 0 Å². The Bertz CT molecular complexity index is 601. The minimum Gasteiger partial charge on any atom is -0.497 e. The third-order valence-electron chi connectivity index (χ3n) is 4.58. The molecule has 6 heteroatoms. The second kappa shape index (κ2) is 9.42. The van der Waals surface area contributed by atoms with Gasteiger partial charge >= 0.3 is 5.97 Å². The fourth-order valence-corrected chi connectivity index (χ4v) is 3.27. The van der Waals surface area contributed by atoms with Crippen LogP contribution < -0.4 is 4.74 Å². The highest BCUT2D eigenvalue weighted by Gasteiger charge is 2.28. The average molecular weight is 349 g/mol. The number of carbonyl (C=O) groups excluding carboxylic acids is 2. The number of methoxy groups -OCH3 is 3. The molecule has 0 N–H and O–H groups in total. The van der Waals surface area contributed by atoms with E-state index in [4.69, 9.17) is 14.2 Å². The van der Waals surface area contributed by atoms with Crippen LogP contribution in [0.4, 0.5) is 0 Å². The van der Waals surface area contributed by atoms with E-state index >= 15 is 0 Å². The Morgan fingerprint density at radius 2 is 1.88 bits per heavy atom. The van der Waals surface area contributed by atoms with E-state index in [0.717, 1.165) is 38.6 Å². The van der Waals surface area contributed by atoms with Gasteiger partial charge in [0.2, 0.25) is 0 Å². The third-order valence-corrected chi connectivity index (χ3v) is 4.58. The zero-order chi connectivity index (χ0) is 18.2. The summed E-state index contributed by atoms with van der Waals surface area (Å²) < 4.78 is 15.1. The fraction of sp³-hybridized carbons (Fsp3) is 0.579. The van der Waals surface area contributed by atoms with Gasteiger partial charge in [0.25, 0.3) is 5.91 Å². The normalized spacial score (nSPS) is 17.2. The molecule has 1 atom stereocenters. The van der Waals surface area contributed by atoms with Crippen molar-refractivity contribution in [2.45, 2.75) is 38.1 Å². The number of piperidine rings is 1. The lowest BCUT2D eigenvalue weighted by Gasteiger charge is -2.36. The predicted molar refractivity (Wildman–Crippen MR) is 94.1 cm³/mol. The number of likely N-dealkylation sites (tertiary alicyclic amines) is 1. The molecule has 1 aromatic rings. The molecule has 0 radical (unpaired) electrons. The van der Waals surface area contributed by atoms with Crippen LogP contribution >= 0.6 is 0 Å². The van der Waals surface area contributed by atoms with Crippen molar-refractivity contribution in [3.05, 3.63) is 29.3 Å². The van der Waals surface area contributed by atoms with E-state index in [-0.39, 0.29) is 11.9 Å². The molecule has 1 heterocycles. The number of rotatable bonds is 7.